The lowest BCUT2D eigenvalue weighted by Gasteiger charge is -2.32. The zero-order valence-electron chi connectivity index (χ0n) is 16.4. The highest BCUT2D eigenvalue weighted by molar-refractivity contribution is 6.62. The van der Waals surface area contributed by atoms with Crippen LogP contribution in [-0.2, 0) is 9.31 Å². The first-order chi connectivity index (χ1) is 12.2. The minimum atomic E-state index is -0.357. The van der Waals surface area contributed by atoms with Crippen LogP contribution < -0.4 is 10.4 Å². The summed E-state index contributed by atoms with van der Waals surface area (Å²) in [5.74, 6) is 0. The lowest BCUT2D eigenvalue weighted by molar-refractivity contribution is 0.00578. The quantitative estimate of drug-likeness (QED) is 0.603. The van der Waals surface area contributed by atoms with Gasteiger partial charge in [-0.25, -0.2) is 0 Å². The van der Waals surface area contributed by atoms with E-state index in [4.69, 9.17) is 9.31 Å². The van der Waals surface area contributed by atoms with E-state index >= 15 is 0 Å². The van der Waals surface area contributed by atoms with E-state index in [1.165, 1.54) is 0 Å². The molecule has 6 heteroatoms. The van der Waals surface area contributed by atoms with Gasteiger partial charge in [0.1, 0.15) is 0 Å². The molecule has 1 heterocycles. The van der Waals surface area contributed by atoms with Crippen LogP contribution in [0.3, 0.4) is 0 Å². The highest BCUT2D eigenvalue weighted by Gasteiger charge is 2.51. The van der Waals surface area contributed by atoms with Crippen molar-refractivity contribution in [2.45, 2.75) is 38.9 Å². The molecule has 0 bridgehead atoms. The number of benzene rings is 2. The fourth-order valence-electron chi connectivity index (χ4n) is 2.61. The number of azo groups is 1. The molecule has 1 aliphatic rings. The molecule has 0 saturated carbocycles. The maximum absolute atomic E-state index is 6.07. The van der Waals surface area contributed by atoms with Crippen molar-refractivity contribution in [3.8, 4) is 0 Å². The second-order valence-electron chi connectivity index (χ2n) is 7.79. The molecule has 0 aliphatic carbocycles. The zero-order valence-corrected chi connectivity index (χ0v) is 16.4. The van der Waals surface area contributed by atoms with Gasteiger partial charge in [-0.2, -0.15) is 10.2 Å². The SMILES string of the molecule is CN(C)c1ccc(/N=N/c2ccc(B3OC(C)(C)C(C)(C)O3)cc2)cc1. The summed E-state index contributed by atoms with van der Waals surface area (Å²) in [4.78, 5) is 2.05. The minimum Gasteiger partial charge on any atom is -0.399 e. The summed E-state index contributed by atoms with van der Waals surface area (Å²) in [6, 6.07) is 15.8. The van der Waals surface area contributed by atoms with Crippen molar-refractivity contribution in [1.29, 1.82) is 0 Å². The lowest BCUT2D eigenvalue weighted by atomic mass is 9.79. The van der Waals surface area contributed by atoms with Crippen molar-refractivity contribution in [3.05, 3.63) is 48.5 Å². The summed E-state index contributed by atoms with van der Waals surface area (Å²) >= 11 is 0. The van der Waals surface area contributed by atoms with Crippen LogP contribution in [0, 0.1) is 0 Å². The van der Waals surface area contributed by atoms with Gasteiger partial charge in [0.05, 0.1) is 22.6 Å². The predicted octanol–water partition coefficient (Wildman–Crippen LogP) is 4.47. The molecule has 0 atom stereocenters. The van der Waals surface area contributed by atoms with Crippen LogP contribution in [-0.4, -0.2) is 32.4 Å². The first kappa shape index (κ1) is 18.6. The van der Waals surface area contributed by atoms with E-state index in [9.17, 15) is 0 Å². The van der Waals surface area contributed by atoms with Gasteiger partial charge in [-0.3, -0.25) is 0 Å². The van der Waals surface area contributed by atoms with Gasteiger partial charge in [0, 0.05) is 19.8 Å². The average molecular weight is 351 g/mol. The van der Waals surface area contributed by atoms with Crippen molar-refractivity contribution < 1.29 is 9.31 Å². The fraction of sp³-hybridized carbons (Fsp3) is 0.400. The third-order valence-electron chi connectivity index (χ3n) is 5.07. The largest absolute Gasteiger partial charge is 0.494 e. The average Bonchev–Trinajstić information content (AvgIpc) is 2.81. The molecule has 2 aromatic carbocycles. The predicted molar refractivity (Wildman–Crippen MR) is 107 cm³/mol. The van der Waals surface area contributed by atoms with Crippen molar-refractivity contribution in [2.75, 3.05) is 19.0 Å². The van der Waals surface area contributed by atoms with E-state index < -0.39 is 0 Å². The Morgan fingerprint density at radius 3 is 1.58 bits per heavy atom. The third kappa shape index (κ3) is 3.81. The van der Waals surface area contributed by atoms with Crippen molar-refractivity contribution >= 4 is 29.6 Å². The number of rotatable bonds is 4. The van der Waals surface area contributed by atoms with Gasteiger partial charge in [-0.15, -0.1) is 0 Å². The normalized spacial score (nSPS) is 18.5. The van der Waals surface area contributed by atoms with E-state index in [0.717, 1.165) is 22.5 Å². The van der Waals surface area contributed by atoms with Crippen LogP contribution in [0.1, 0.15) is 27.7 Å². The molecular formula is C20H26BN3O2. The summed E-state index contributed by atoms with van der Waals surface area (Å²) in [5, 5.41) is 8.60. The van der Waals surface area contributed by atoms with Gasteiger partial charge in [0.2, 0.25) is 0 Å². The number of hydrogen-bond donors (Lipinski definition) is 0. The molecule has 3 rings (SSSR count). The standard InChI is InChI=1S/C20H26BN3O2/c1-19(2)20(3,4)26-21(25-19)15-7-9-16(10-8-15)22-23-17-11-13-18(14-12-17)24(5)6/h7-14H,1-6H3/b23-22+. The monoisotopic (exact) mass is 351 g/mol. The van der Waals surface area contributed by atoms with E-state index in [-0.39, 0.29) is 18.3 Å². The van der Waals surface area contributed by atoms with Crippen molar-refractivity contribution in [1.82, 2.24) is 0 Å². The summed E-state index contributed by atoms with van der Waals surface area (Å²) in [6.07, 6.45) is 0. The molecule has 0 aromatic heterocycles. The molecule has 26 heavy (non-hydrogen) atoms. The number of hydrogen-bond acceptors (Lipinski definition) is 5. The second-order valence-corrected chi connectivity index (χ2v) is 7.79. The molecular weight excluding hydrogens is 325 g/mol. The molecule has 5 nitrogen and oxygen atoms in total. The lowest BCUT2D eigenvalue weighted by Crippen LogP contribution is -2.41. The van der Waals surface area contributed by atoms with E-state index in [2.05, 4.69) is 42.8 Å². The third-order valence-corrected chi connectivity index (χ3v) is 5.07. The smallest absolute Gasteiger partial charge is 0.399 e. The van der Waals surface area contributed by atoms with Gasteiger partial charge < -0.3 is 14.2 Å². The summed E-state index contributed by atoms with van der Waals surface area (Å²) in [7, 11) is 3.67. The second kappa shape index (κ2) is 6.85. The molecule has 0 N–H and O–H groups in total. The van der Waals surface area contributed by atoms with Crippen LogP contribution in [0.15, 0.2) is 58.8 Å². The number of anilines is 1. The van der Waals surface area contributed by atoms with Gasteiger partial charge in [-0.05, 0) is 69.6 Å². The summed E-state index contributed by atoms with van der Waals surface area (Å²) in [6.45, 7) is 8.21. The molecule has 0 radical (unpaired) electrons. The van der Waals surface area contributed by atoms with E-state index in [1.54, 1.807) is 0 Å². The highest BCUT2D eigenvalue weighted by atomic mass is 16.7. The van der Waals surface area contributed by atoms with Gasteiger partial charge in [0.15, 0.2) is 0 Å². The van der Waals surface area contributed by atoms with E-state index in [0.29, 0.717) is 0 Å². The van der Waals surface area contributed by atoms with Gasteiger partial charge in [0.25, 0.3) is 0 Å². The van der Waals surface area contributed by atoms with Crippen LogP contribution >= 0.6 is 0 Å². The first-order valence-electron chi connectivity index (χ1n) is 8.83. The van der Waals surface area contributed by atoms with E-state index in [1.807, 2.05) is 62.6 Å². The van der Waals surface area contributed by atoms with Crippen molar-refractivity contribution in [3.63, 3.8) is 0 Å². The zero-order chi connectivity index (χ0) is 18.9. The Kier molecular flexibility index (Phi) is 4.91. The Morgan fingerprint density at radius 1 is 0.731 bits per heavy atom. The molecule has 1 saturated heterocycles. The Morgan fingerprint density at radius 2 is 1.15 bits per heavy atom. The molecule has 2 aromatic rings. The van der Waals surface area contributed by atoms with Crippen LogP contribution in [0.5, 0.6) is 0 Å². The molecule has 0 spiro atoms. The van der Waals surface area contributed by atoms with Gasteiger partial charge in [-0.1, -0.05) is 12.1 Å². The maximum Gasteiger partial charge on any atom is 0.494 e. The fourth-order valence-corrected chi connectivity index (χ4v) is 2.61. The maximum atomic E-state index is 6.07. The van der Waals surface area contributed by atoms with Crippen molar-refractivity contribution in [2.24, 2.45) is 10.2 Å². The molecule has 1 aliphatic heterocycles. The first-order valence-corrected chi connectivity index (χ1v) is 8.83. The Hall–Kier alpha value is -2.18. The topological polar surface area (TPSA) is 46.4 Å². The molecule has 136 valence electrons. The van der Waals surface area contributed by atoms with Crippen LogP contribution in [0.4, 0.5) is 17.1 Å². The van der Waals surface area contributed by atoms with Gasteiger partial charge >= 0.3 is 7.12 Å². The van der Waals surface area contributed by atoms with Crippen LogP contribution in [0.2, 0.25) is 0 Å². The Balaban J connectivity index is 1.68. The minimum absolute atomic E-state index is 0.339. The molecule has 0 amide bonds. The van der Waals surface area contributed by atoms with Crippen LogP contribution in [0.25, 0.3) is 0 Å². The number of nitrogens with zero attached hydrogens (tertiary/aromatic N) is 3. The Bertz CT molecular complexity index is 768. The molecule has 1 fully saturated rings. The summed E-state index contributed by atoms with van der Waals surface area (Å²) < 4.78 is 12.1. The molecule has 0 unspecified atom stereocenters. The highest BCUT2D eigenvalue weighted by Crippen LogP contribution is 2.36. The summed E-state index contributed by atoms with van der Waals surface area (Å²) in [5.41, 5.74) is 3.06. The Labute approximate surface area is 156 Å².